The summed E-state index contributed by atoms with van der Waals surface area (Å²) in [4.78, 5) is 13.5. The van der Waals surface area contributed by atoms with Crippen LogP contribution in [0.4, 0.5) is 4.79 Å². The van der Waals surface area contributed by atoms with Gasteiger partial charge in [-0.1, -0.05) is 0 Å². The molecule has 13 heavy (non-hydrogen) atoms. The van der Waals surface area contributed by atoms with Gasteiger partial charge in [0.25, 0.3) is 6.33 Å². The minimum atomic E-state index is 0.0330. The molecule has 0 aliphatic heterocycles. The van der Waals surface area contributed by atoms with Crippen LogP contribution in [-0.4, -0.2) is 28.6 Å². The SMILES string of the molecule is CCN(CC)C(=O)n1cc[n+](C)c1. The lowest BCUT2D eigenvalue weighted by atomic mass is 10.5. The minimum Gasteiger partial charge on any atom is -0.305 e. The molecule has 0 atom stereocenters. The van der Waals surface area contributed by atoms with Crippen LogP contribution in [0, 0.1) is 0 Å². The molecule has 1 aromatic heterocycles. The average molecular weight is 182 g/mol. The summed E-state index contributed by atoms with van der Waals surface area (Å²) in [5.74, 6) is 0. The van der Waals surface area contributed by atoms with Gasteiger partial charge in [-0.2, -0.15) is 4.57 Å². The van der Waals surface area contributed by atoms with Gasteiger partial charge in [0.1, 0.15) is 12.4 Å². The Bertz CT molecular complexity index is 289. The van der Waals surface area contributed by atoms with E-state index >= 15 is 0 Å². The van der Waals surface area contributed by atoms with Crippen LogP contribution < -0.4 is 4.57 Å². The van der Waals surface area contributed by atoms with Crippen LogP contribution in [0.1, 0.15) is 13.8 Å². The van der Waals surface area contributed by atoms with Crippen LogP contribution in [0.15, 0.2) is 18.7 Å². The van der Waals surface area contributed by atoms with Gasteiger partial charge in [-0.15, -0.1) is 0 Å². The molecule has 4 heteroatoms. The molecule has 0 bridgehead atoms. The van der Waals surface area contributed by atoms with E-state index in [1.165, 1.54) is 0 Å². The Morgan fingerprint density at radius 3 is 2.46 bits per heavy atom. The molecule has 0 unspecified atom stereocenters. The first-order valence-corrected chi connectivity index (χ1v) is 4.51. The van der Waals surface area contributed by atoms with Gasteiger partial charge in [0, 0.05) is 13.1 Å². The highest BCUT2D eigenvalue weighted by Crippen LogP contribution is 1.94. The number of aryl methyl sites for hydroxylation is 1. The summed E-state index contributed by atoms with van der Waals surface area (Å²) in [5, 5.41) is 0. The van der Waals surface area contributed by atoms with Crippen LogP contribution >= 0.6 is 0 Å². The fraction of sp³-hybridized carbons (Fsp3) is 0.556. The van der Waals surface area contributed by atoms with E-state index in [-0.39, 0.29) is 6.03 Å². The molecule has 4 nitrogen and oxygen atoms in total. The topological polar surface area (TPSA) is 29.1 Å². The smallest absolute Gasteiger partial charge is 0.305 e. The molecule has 0 fully saturated rings. The molecule has 0 saturated carbocycles. The van der Waals surface area contributed by atoms with Gasteiger partial charge in [-0.3, -0.25) is 0 Å². The number of hydrogen-bond acceptors (Lipinski definition) is 1. The summed E-state index contributed by atoms with van der Waals surface area (Å²) in [6.45, 7) is 5.45. The molecule has 1 aromatic rings. The molecular weight excluding hydrogens is 166 g/mol. The second kappa shape index (κ2) is 4.07. The Labute approximate surface area is 78.4 Å². The van der Waals surface area contributed by atoms with Gasteiger partial charge in [0.15, 0.2) is 0 Å². The summed E-state index contributed by atoms with van der Waals surface area (Å²) < 4.78 is 3.44. The van der Waals surface area contributed by atoms with Crippen molar-refractivity contribution in [2.75, 3.05) is 13.1 Å². The van der Waals surface area contributed by atoms with E-state index in [0.29, 0.717) is 0 Å². The Balaban J connectivity index is 2.78. The molecule has 0 aromatic carbocycles. The number of rotatable bonds is 2. The maximum Gasteiger partial charge on any atom is 0.415 e. The van der Waals surface area contributed by atoms with E-state index in [4.69, 9.17) is 0 Å². The Morgan fingerprint density at radius 1 is 1.46 bits per heavy atom. The highest BCUT2D eigenvalue weighted by Gasteiger charge is 2.16. The number of carbonyl (C=O) groups is 1. The highest BCUT2D eigenvalue weighted by molar-refractivity contribution is 5.76. The van der Waals surface area contributed by atoms with Gasteiger partial charge >= 0.3 is 6.03 Å². The summed E-state index contributed by atoms with van der Waals surface area (Å²) in [6.07, 6.45) is 5.38. The lowest BCUT2D eigenvalue weighted by Crippen LogP contribution is -2.35. The molecule has 0 aliphatic carbocycles. The fourth-order valence-electron chi connectivity index (χ4n) is 1.22. The molecule has 1 amide bonds. The first-order chi connectivity index (χ1) is 6.19. The normalized spacial score (nSPS) is 10.1. The molecule has 0 radical (unpaired) electrons. The molecule has 0 aliphatic rings. The number of nitrogens with zero attached hydrogens (tertiary/aromatic N) is 3. The molecule has 1 heterocycles. The first kappa shape index (κ1) is 9.77. The molecule has 0 N–H and O–H groups in total. The van der Waals surface area contributed by atoms with E-state index in [1.54, 1.807) is 22.0 Å². The van der Waals surface area contributed by atoms with E-state index < -0.39 is 0 Å². The van der Waals surface area contributed by atoms with Gasteiger partial charge in [-0.25, -0.2) is 9.36 Å². The third-order valence-corrected chi connectivity index (χ3v) is 2.02. The van der Waals surface area contributed by atoms with E-state index in [2.05, 4.69) is 0 Å². The molecule has 0 spiro atoms. The van der Waals surface area contributed by atoms with Crippen molar-refractivity contribution >= 4 is 6.03 Å². The quantitative estimate of drug-likeness (QED) is 0.616. The van der Waals surface area contributed by atoms with Crippen LogP contribution in [0.3, 0.4) is 0 Å². The average Bonchev–Trinajstić information content (AvgIpc) is 2.54. The standard InChI is InChI=1S/C9H16N3O/c1-4-11(5-2)9(13)12-7-6-10(3)8-12/h6-8H,4-5H2,1-3H3/q+1. The second-order valence-electron chi connectivity index (χ2n) is 2.94. The van der Waals surface area contributed by atoms with Crippen molar-refractivity contribution in [1.82, 2.24) is 9.47 Å². The van der Waals surface area contributed by atoms with E-state index in [9.17, 15) is 4.79 Å². The maximum absolute atomic E-state index is 11.7. The van der Waals surface area contributed by atoms with Crippen molar-refractivity contribution in [2.45, 2.75) is 13.8 Å². The number of hydrogen-bond donors (Lipinski definition) is 0. The maximum atomic E-state index is 11.7. The molecule has 1 rings (SSSR count). The molecular formula is C9H16N3O+. The van der Waals surface area contributed by atoms with Gasteiger partial charge in [-0.05, 0) is 13.8 Å². The van der Waals surface area contributed by atoms with Crippen molar-refractivity contribution < 1.29 is 9.36 Å². The van der Waals surface area contributed by atoms with Crippen LogP contribution in [0.5, 0.6) is 0 Å². The van der Waals surface area contributed by atoms with Crippen molar-refractivity contribution in [1.29, 1.82) is 0 Å². The first-order valence-electron chi connectivity index (χ1n) is 4.51. The number of imidazole rings is 1. The van der Waals surface area contributed by atoms with Crippen molar-refractivity contribution in [3.05, 3.63) is 18.7 Å². The second-order valence-corrected chi connectivity index (χ2v) is 2.94. The predicted molar refractivity (Wildman–Crippen MR) is 49.3 cm³/mol. The summed E-state index contributed by atoms with van der Waals surface area (Å²) >= 11 is 0. The lowest BCUT2D eigenvalue weighted by molar-refractivity contribution is -0.670. The van der Waals surface area contributed by atoms with Gasteiger partial charge in [0.2, 0.25) is 0 Å². The van der Waals surface area contributed by atoms with Crippen molar-refractivity contribution in [3.63, 3.8) is 0 Å². The fourth-order valence-corrected chi connectivity index (χ4v) is 1.22. The Kier molecular flexibility index (Phi) is 3.06. The number of amides is 1. The minimum absolute atomic E-state index is 0.0330. The molecule has 72 valence electrons. The van der Waals surface area contributed by atoms with Crippen molar-refractivity contribution in [3.8, 4) is 0 Å². The van der Waals surface area contributed by atoms with Crippen LogP contribution in [-0.2, 0) is 7.05 Å². The van der Waals surface area contributed by atoms with Gasteiger partial charge < -0.3 is 4.90 Å². The zero-order valence-electron chi connectivity index (χ0n) is 8.40. The molecule has 0 saturated heterocycles. The van der Waals surface area contributed by atoms with Crippen LogP contribution in [0.2, 0.25) is 0 Å². The number of carbonyl (C=O) groups excluding carboxylic acids is 1. The van der Waals surface area contributed by atoms with E-state index in [1.807, 2.05) is 31.7 Å². The van der Waals surface area contributed by atoms with Gasteiger partial charge in [0.05, 0.1) is 7.05 Å². The van der Waals surface area contributed by atoms with E-state index in [0.717, 1.165) is 13.1 Å². The largest absolute Gasteiger partial charge is 0.415 e. The summed E-state index contributed by atoms with van der Waals surface area (Å²) in [7, 11) is 1.89. The highest BCUT2D eigenvalue weighted by atomic mass is 16.2. The zero-order valence-corrected chi connectivity index (χ0v) is 8.40. The Hall–Kier alpha value is -1.32. The van der Waals surface area contributed by atoms with Crippen molar-refractivity contribution in [2.24, 2.45) is 7.05 Å². The summed E-state index contributed by atoms with van der Waals surface area (Å²) in [6, 6.07) is 0.0330. The Morgan fingerprint density at radius 2 is 2.08 bits per heavy atom. The summed E-state index contributed by atoms with van der Waals surface area (Å²) in [5.41, 5.74) is 0. The third-order valence-electron chi connectivity index (χ3n) is 2.02. The predicted octanol–water partition coefficient (Wildman–Crippen LogP) is 0.622. The number of aromatic nitrogens is 2. The lowest BCUT2D eigenvalue weighted by Gasteiger charge is -2.14. The zero-order chi connectivity index (χ0) is 9.84. The van der Waals surface area contributed by atoms with Crippen LogP contribution in [0.25, 0.3) is 0 Å². The monoisotopic (exact) mass is 182 g/mol. The third kappa shape index (κ3) is 2.08.